The van der Waals surface area contributed by atoms with Gasteiger partial charge in [-0.05, 0) is 35.9 Å². The molecule has 0 aliphatic carbocycles. The molecule has 0 saturated heterocycles. The van der Waals surface area contributed by atoms with Gasteiger partial charge in [0.2, 0.25) is 0 Å². The van der Waals surface area contributed by atoms with E-state index in [0.29, 0.717) is 17.1 Å². The van der Waals surface area contributed by atoms with Crippen LogP contribution in [0.3, 0.4) is 0 Å². The van der Waals surface area contributed by atoms with Crippen LogP contribution in [-0.4, -0.2) is 31.2 Å². The second kappa shape index (κ2) is 7.96. The van der Waals surface area contributed by atoms with Gasteiger partial charge in [0.05, 0.1) is 25.5 Å². The lowest BCUT2D eigenvalue weighted by atomic mass is 10.1. The van der Waals surface area contributed by atoms with Crippen molar-refractivity contribution in [2.75, 3.05) is 19.5 Å². The first-order valence-electron chi connectivity index (χ1n) is 7.19. The first-order valence-corrected chi connectivity index (χ1v) is 7.19. The van der Waals surface area contributed by atoms with Crippen LogP contribution in [0.15, 0.2) is 48.3 Å². The number of benzene rings is 2. The quantitative estimate of drug-likeness (QED) is 0.784. The Kier molecular flexibility index (Phi) is 5.73. The molecular weight excluding hydrogens is 329 g/mol. The third-order valence-electron chi connectivity index (χ3n) is 3.32. The molecule has 0 unspecified atom stereocenters. The number of aromatic carboxylic acids is 1. The molecule has 0 radical (unpaired) electrons. The Morgan fingerprint density at radius 3 is 2.40 bits per heavy atom. The topological polar surface area (TPSA) is 84.9 Å². The maximum atomic E-state index is 14.1. The Balaban J connectivity index is 2.23. The summed E-state index contributed by atoms with van der Waals surface area (Å²) in [4.78, 5) is 23.1. The van der Waals surface area contributed by atoms with E-state index in [2.05, 4.69) is 5.32 Å². The molecule has 0 fully saturated rings. The van der Waals surface area contributed by atoms with E-state index in [4.69, 9.17) is 14.6 Å². The van der Waals surface area contributed by atoms with Gasteiger partial charge in [0.25, 0.3) is 5.91 Å². The minimum Gasteiger partial charge on any atom is -0.493 e. The summed E-state index contributed by atoms with van der Waals surface area (Å²) in [5.41, 5.74) is 0.266. The summed E-state index contributed by atoms with van der Waals surface area (Å²) in [6, 6.07) is 10.4. The second-order valence-corrected chi connectivity index (χ2v) is 4.91. The van der Waals surface area contributed by atoms with E-state index < -0.39 is 17.7 Å². The van der Waals surface area contributed by atoms with E-state index in [9.17, 15) is 14.0 Å². The van der Waals surface area contributed by atoms with Crippen molar-refractivity contribution in [1.82, 2.24) is 0 Å². The molecule has 0 aliphatic rings. The molecule has 0 spiro atoms. The molecule has 25 heavy (non-hydrogen) atoms. The number of hydrogen-bond donors (Lipinski definition) is 2. The van der Waals surface area contributed by atoms with Gasteiger partial charge in [-0.25, -0.2) is 9.18 Å². The number of halogens is 1. The molecule has 0 aromatic heterocycles. The van der Waals surface area contributed by atoms with E-state index >= 15 is 0 Å². The lowest BCUT2D eigenvalue weighted by molar-refractivity contribution is -0.114. The van der Waals surface area contributed by atoms with E-state index in [-0.39, 0.29) is 11.3 Å². The Hall–Kier alpha value is -3.35. The van der Waals surface area contributed by atoms with Crippen LogP contribution in [0.25, 0.3) is 6.08 Å². The smallest absolute Gasteiger partial charge is 0.337 e. The highest BCUT2D eigenvalue weighted by molar-refractivity contribution is 6.08. The van der Waals surface area contributed by atoms with Gasteiger partial charge in [0.15, 0.2) is 17.3 Å². The molecular formula is C18H16FNO5. The van der Waals surface area contributed by atoms with Crippen molar-refractivity contribution in [3.63, 3.8) is 0 Å². The molecule has 2 N–H and O–H groups in total. The van der Waals surface area contributed by atoms with Crippen LogP contribution in [0.1, 0.15) is 15.9 Å². The van der Waals surface area contributed by atoms with Gasteiger partial charge >= 0.3 is 5.97 Å². The summed E-state index contributed by atoms with van der Waals surface area (Å²) >= 11 is 0. The van der Waals surface area contributed by atoms with Gasteiger partial charge in [0, 0.05) is 0 Å². The van der Waals surface area contributed by atoms with E-state index in [0.717, 1.165) is 6.08 Å². The van der Waals surface area contributed by atoms with Gasteiger partial charge in [-0.3, -0.25) is 4.79 Å². The number of anilines is 1. The third-order valence-corrected chi connectivity index (χ3v) is 3.32. The van der Waals surface area contributed by atoms with Gasteiger partial charge in [-0.15, -0.1) is 0 Å². The largest absolute Gasteiger partial charge is 0.493 e. The van der Waals surface area contributed by atoms with E-state index in [1.54, 1.807) is 12.1 Å². The van der Waals surface area contributed by atoms with Crippen LogP contribution in [0, 0.1) is 0 Å². The van der Waals surface area contributed by atoms with Crippen LogP contribution in [0.5, 0.6) is 11.5 Å². The predicted octanol–water partition coefficient (Wildman–Crippen LogP) is 3.35. The number of carbonyl (C=O) groups excluding carboxylic acids is 1. The maximum absolute atomic E-state index is 14.1. The summed E-state index contributed by atoms with van der Waals surface area (Å²) in [7, 11) is 2.92. The lowest BCUT2D eigenvalue weighted by Gasteiger charge is -2.09. The fourth-order valence-electron chi connectivity index (χ4n) is 2.12. The van der Waals surface area contributed by atoms with Crippen LogP contribution in [0.4, 0.5) is 10.1 Å². The zero-order valence-corrected chi connectivity index (χ0v) is 13.6. The number of ether oxygens (including phenoxy) is 2. The summed E-state index contributed by atoms with van der Waals surface area (Å²) in [6.45, 7) is 0. The Morgan fingerprint density at radius 1 is 1.08 bits per heavy atom. The minimum atomic E-state index is -1.22. The predicted molar refractivity (Wildman–Crippen MR) is 90.7 cm³/mol. The summed E-state index contributed by atoms with van der Waals surface area (Å²) < 4.78 is 24.3. The van der Waals surface area contributed by atoms with Gasteiger partial charge in [0.1, 0.15) is 0 Å². The molecule has 2 aromatic carbocycles. The molecule has 2 aromatic rings. The van der Waals surface area contributed by atoms with Crippen molar-refractivity contribution < 1.29 is 28.6 Å². The normalized spacial score (nSPS) is 10.9. The highest BCUT2D eigenvalue weighted by Crippen LogP contribution is 2.28. The van der Waals surface area contributed by atoms with Crippen molar-refractivity contribution in [3.05, 3.63) is 59.4 Å². The van der Waals surface area contributed by atoms with E-state index in [1.807, 2.05) is 0 Å². The SMILES string of the molecule is COc1ccc(/C=C(\F)C(=O)Nc2ccccc2C(=O)O)cc1OC. The molecule has 130 valence electrons. The number of rotatable bonds is 6. The van der Waals surface area contributed by atoms with Crippen LogP contribution < -0.4 is 14.8 Å². The Labute approximate surface area is 143 Å². The maximum Gasteiger partial charge on any atom is 0.337 e. The van der Waals surface area contributed by atoms with Gasteiger partial charge < -0.3 is 19.9 Å². The summed E-state index contributed by atoms with van der Waals surface area (Å²) in [5.74, 6) is -2.49. The Bertz CT molecular complexity index is 832. The number of carbonyl (C=O) groups is 2. The number of nitrogens with one attached hydrogen (secondary N) is 1. The highest BCUT2D eigenvalue weighted by atomic mass is 19.1. The molecule has 7 heteroatoms. The third kappa shape index (κ3) is 4.35. The number of carboxylic acids is 1. The average Bonchev–Trinajstić information content (AvgIpc) is 2.61. The van der Waals surface area contributed by atoms with E-state index in [1.165, 1.54) is 44.6 Å². The van der Waals surface area contributed by atoms with Crippen molar-refractivity contribution in [2.24, 2.45) is 0 Å². The average molecular weight is 345 g/mol. The van der Waals surface area contributed by atoms with Crippen molar-refractivity contribution in [1.29, 1.82) is 0 Å². The molecule has 1 amide bonds. The first-order chi connectivity index (χ1) is 12.0. The number of amides is 1. The van der Waals surface area contributed by atoms with Crippen molar-refractivity contribution in [2.45, 2.75) is 0 Å². The molecule has 0 heterocycles. The highest BCUT2D eigenvalue weighted by Gasteiger charge is 2.15. The molecule has 0 aliphatic heterocycles. The second-order valence-electron chi connectivity index (χ2n) is 4.91. The standard InChI is InChI=1S/C18H16FNO5/c1-24-15-8-7-11(10-16(15)25-2)9-13(19)17(21)20-14-6-4-3-5-12(14)18(22)23/h3-10H,1-2H3,(H,20,21)(H,22,23)/b13-9-. The minimum absolute atomic E-state index is 0.0101. The van der Waals surface area contributed by atoms with Crippen LogP contribution in [-0.2, 0) is 4.79 Å². The molecule has 0 saturated carbocycles. The fraction of sp³-hybridized carbons (Fsp3) is 0.111. The van der Waals surface area contributed by atoms with Crippen molar-refractivity contribution >= 4 is 23.6 Å². The molecule has 0 bridgehead atoms. The number of methoxy groups -OCH3 is 2. The first kappa shape index (κ1) is 18.0. The number of hydrogen-bond acceptors (Lipinski definition) is 4. The molecule has 6 nitrogen and oxygen atoms in total. The van der Waals surface area contributed by atoms with Gasteiger partial charge in [-0.1, -0.05) is 18.2 Å². The zero-order chi connectivity index (χ0) is 18.4. The number of carboxylic acid groups (broad SMARTS) is 1. The van der Waals surface area contributed by atoms with Crippen LogP contribution >= 0.6 is 0 Å². The van der Waals surface area contributed by atoms with Crippen molar-refractivity contribution in [3.8, 4) is 11.5 Å². The molecule has 0 atom stereocenters. The fourth-order valence-corrected chi connectivity index (χ4v) is 2.12. The number of para-hydroxylation sites is 1. The zero-order valence-electron chi connectivity index (χ0n) is 13.6. The molecule has 2 rings (SSSR count). The van der Waals surface area contributed by atoms with Crippen LogP contribution in [0.2, 0.25) is 0 Å². The monoisotopic (exact) mass is 345 g/mol. The Morgan fingerprint density at radius 2 is 1.76 bits per heavy atom. The lowest BCUT2D eigenvalue weighted by Crippen LogP contribution is -2.14. The summed E-state index contributed by atoms with van der Waals surface area (Å²) in [6.07, 6.45) is 1.01. The summed E-state index contributed by atoms with van der Waals surface area (Å²) in [5, 5.41) is 11.3. The van der Waals surface area contributed by atoms with Gasteiger partial charge in [-0.2, -0.15) is 0 Å².